The monoisotopic (exact) mass is 451 g/mol. The maximum Gasteiger partial charge on any atom is 0.271 e. The van der Waals surface area contributed by atoms with Crippen molar-refractivity contribution >= 4 is 51.4 Å². The lowest BCUT2D eigenvalue weighted by Gasteiger charge is -2.15. The number of amides is 1. The smallest absolute Gasteiger partial charge is 0.271 e. The number of nitro benzene ring substituents is 1. The zero-order valence-electron chi connectivity index (χ0n) is 16.2. The van der Waals surface area contributed by atoms with Gasteiger partial charge in [0.1, 0.15) is 0 Å². The fourth-order valence-corrected chi connectivity index (χ4v) is 3.93. The van der Waals surface area contributed by atoms with Crippen LogP contribution in [-0.4, -0.2) is 15.8 Å². The van der Waals surface area contributed by atoms with Crippen molar-refractivity contribution in [2.24, 2.45) is 0 Å². The van der Waals surface area contributed by atoms with Crippen molar-refractivity contribution in [1.82, 2.24) is 4.98 Å². The van der Waals surface area contributed by atoms with Gasteiger partial charge in [-0.25, -0.2) is 4.98 Å². The number of fused-ring (bicyclic) bond motifs is 1. The van der Waals surface area contributed by atoms with Crippen LogP contribution in [-0.2, 0) is 0 Å². The minimum atomic E-state index is -0.511. The summed E-state index contributed by atoms with van der Waals surface area (Å²) in [5.41, 5.74) is 3.10. The fraction of sp³-hybridized carbons (Fsp3) is 0.0435. The summed E-state index contributed by atoms with van der Waals surface area (Å²) >= 11 is 12.4. The number of para-hydroxylation sites is 1. The average molecular weight is 452 g/mol. The first-order valence-corrected chi connectivity index (χ1v) is 10.0. The lowest BCUT2D eigenvalue weighted by atomic mass is 9.97. The molecule has 4 aromatic rings. The molecule has 1 amide bonds. The Morgan fingerprint density at radius 3 is 2.55 bits per heavy atom. The molecule has 0 spiro atoms. The van der Waals surface area contributed by atoms with Gasteiger partial charge in [0.15, 0.2) is 0 Å². The third-order valence-corrected chi connectivity index (χ3v) is 5.41. The number of nitrogens with one attached hydrogen (secondary N) is 1. The number of anilines is 1. The van der Waals surface area contributed by atoms with Crippen molar-refractivity contribution in [2.45, 2.75) is 6.92 Å². The van der Waals surface area contributed by atoms with E-state index >= 15 is 0 Å². The third-order valence-electron chi connectivity index (χ3n) is 4.86. The molecule has 0 saturated carbocycles. The van der Waals surface area contributed by atoms with Gasteiger partial charge in [0, 0.05) is 33.8 Å². The van der Waals surface area contributed by atoms with Crippen LogP contribution in [0.1, 0.15) is 15.9 Å². The Labute approximate surface area is 187 Å². The van der Waals surface area contributed by atoms with Crippen LogP contribution >= 0.6 is 23.2 Å². The molecular weight excluding hydrogens is 437 g/mol. The number of hydrogen-bond donors (Lipinski definition) is 1. The minimum absolute atomic E-state index is 0.109. The van der Waals surface area contributed by atoms with Crippen LogP contribution in [0, 0.1) is 17.0 Å². The summed E-state index contributed by atoms with van der Waals surface area (Å²) in [4.78, 5) is 28.6. The number of benzene rings is 3. The van der Waals surface area contributed by atoms with E-state index in [1.807, 2.05) is 24.3 Å². The summed E-state index contributed by atoms with van der Waals surface area (Å²) in [5, 5.41) is 15.4. The summed E-state index contributed by atoms with van der Waals surface area (Å²) in [6.45, 7) is 1.79. The Morgan fingerprint density at radius 1 is 1.03 bits per heavy atom. The summed E-state index contributed by atoms with van der Waals surface area (Å²) in [6.07, 6.45) is 0. The van der Waals surface area contributed by atoms with Crippen LogP contribution in [0.5, 0.6) is 0 Å². The van der Waals surface area contributed by atoms with E-state index in [0.29, 0.717) is 49.0 Å². The molecule has 1 N–H and O–H groups in total. The Hall–Kier alpha value is -3.48. The summed E-state index contributed by atoms with van der Waals surface area (Å²) in [6, 6.07) is 18.2. The van der Waals surface area contributed by atoms with Gasteiger partial charge in [-0.15, -0.1) is 0 Å². The van der Waals surface area contributed by atoms with Crippen LogP contribution in [0.3, 0.4) is 0 Å². The van der Waals surface area contributed by atoms with Crippen molar-refractivity contribution in [3.8, 4) is 11.3 Å². The van der Waals surface area contributed by atoms with E-state index in [9.17, 15) is 14.9 Å². The van der Waals surface area contributed by atoms with Crippen LogP contribution in [0.25, 0.3) is 22.2 Å². The highest BCUT2D eigenvalue weighted by Crippen LogP contribution is 2.35. The van der Waals surface area contributed by atoms with Crippen LogP contribution in [0.2, 0.25) is 10.0 Å². The van der Waals surface area contributed by atoms with Crippen molar-refractivity contribution in [1.29, 1.82) is 0 Å². The lowest BCUT2D eigenvalue weighted by molar-refractivity contribution is -0.384. The van der Waals surface area contributed by atoms with Gasteiger partial charge in [-0.3, -0.25) is 14.9 Å². The van der Waals surface area contributed by atoms with Crippen molar-refractivity contribution in [3.05, 3.63) is 98.0 Å². The van der Waals surface area contributed by atoms with Gasteiger partial charge in [0.2, 0.25) is 0 Å². The summed E-state index contributed by atoms with van der Waals surface area (Å²) in [5.74, 6) is -0.400. The second kappa shape index (κ2) is 8.34. The number of rotatable bonds is 4. The standard InChI is InChI=1S/C23H15Cl2N3O3/c1-13-21(23(29)26-15-5-4-6-16(12-15)28(30)31)18-7-2-3-8-20(18)27-22(13)17-10-9-14(24)11-19(17)25/h2-12H,1H3,(H,26,29). The van der Waals surface area contributed by atoms with E-state index < -0.39 is 10.8 Å². The largest absolute Gasteiger partial charge is 0.322 e. The number of nitro groups is 1. The van der Waals surface area contributed by atoms with Gasteiger partial charge in [0.25, 0.3) is 11.6 Å². The number of pyridine rings is 1. The van der Waals surface area contributed by atoms with Gasteiger partial charge >= 0.3 is 0 Å². The van der Waals surface area contributed by atoms with E-state index in [-0.39, 0.29) is 5.69 Å². The lowest BCUT2D eigenvalue weighted by Crippen LogP contribution is -2.15. The second-order valence-electron chi connectivity index (χ2n) is 6.86. The van der Waals surface area contributed by atoms with E-state index in [1.165, 1.54) is 18.2 Å². The topological polar surface area (TPSA) is 85.1 Å². The van der Waals surface area contributed by atoms with Crippen molar-refractivity contribution < 1.29 is 9.72 Å². The molecule has 31 heavy (non-hydrogen) atoms. The first kappa shape index (κ1) is 20.8. The van der Waals surface area contributed by atoms with Gasteiger partial charge in [-0.05, 0) is 42.8 Å². The zero-order chi connectivity index (χ0) is 22.1. The van der Waals surface area contributed by atoms with Crippen LogP contribution in [0.4, 0.5) is 11.4 Å². The number of aromatic nitrogens is 1. The van der Waals surface area contributed by atoms with Crippen molar-refractivity contribution in [2.75, 3.05) is 5.32 Å². The minimum Gasteiger partial charge on any atom is -0.322 e. The van der Waals surface area contributed by atoms with Crippen LogP contribution in [0.15, 0.2) is 66.7 Å². The van der Waals surface area contributed by atoms with E-state index in [2.05, 4.69) is 5.32 Å². The second-order valence-corrected chi connectivity index (χ2v) is 7.71. The van der Waals surface area contributed by atoms with E-state index in [0.717, 1.165) is 0 Å². The SMILES string of the molecule is Cc1c(-c2ccc(Cl)cc2Cl)nc2ccccc2c1C(=O)Nc1cccc([N+](=O)[O-])c1. The van der Waals surface area contributed by atoms with E-state index in [4.69, 9.17) is 28.2 Å². The molecule has 1 heterocycles. The molecule has 0 fully saturated rings. The molecule has 4 rings (SSSR count). The number of non-ortho nitro benzene ring substituents is 1. The predicted molar refractivity (Wildman–Crippen MR) is 123 cm³/mol. The quantitative estimate of drug-likeness (QED) is 0.277. The third kappa shape index (κ3) is 4.08. The molecular formula is C23H15Cl2N3O3. The van der Waals surface area contributed by atoms with Gasteiger partial charge in [-0.1, -0.05) is 47.5 Å². The molecule has 0 unspecified atom stereocenters. The molecule has 0 saturated heterocycles. The molecule has 6 nitrogen and oxygen atoms in total. The van der Waals surface area contributed by atoms with Crippen LogP contribution < -0.4 is 5.32 Å². The molecule has 0 bridgehead atoms. The molecule has 3 aromatic carbocycles. The normalized spacial score (nSPS) is 10.8. The Morgan fingerprint density at radius 2 is 1.81 bits per heavy atom. The highest BCUT2D eigenvalue weighted by molar-refractivity contribution is 6.36. The first-order chi connectivity index (χ1) is 14.8. The highest BCUT2D eigenvalue weighted by atomic mass is 35.5. The van der Waals surface area contributed by atoms with Crippen molar-refractivity contribution in [3.63, 3.8) is 0 Å². The molecule has 0 aliphatic rings. The molecule has 0 aliphatic carbocycles. The fourth-order valence-electron chi connectivity index (χ4n) is 3.43. The number of carbonyl (C=O) groups is 1. The maximum absolute atomic E-state index is 13.3. The molecule has 154 valence electrons. The number of nitrogens with zero attached hydrogens (tertiary/aromatic N) is 2. The Balaban J connectivity index is 1.87. The molecule has 0 radical (unpaired) electrons. The van der Waals surface area contributed by atoms with Gasteiger partial charge in [0.05, 0.1) is 26.7 Å². The number of hydrogen-bond acceptors (Lipinski definition) is 4. The van der Waals surface area contributed by atoms with E-state index in [1.54, 1.807) is 31.2 Å². The molecule has 0 atom stereocenters. The Bertz CT molecular complexity index is 1360. The average Bonchev–Trinajstić information content (AvgIpc) is 2.73. The summed E-state index contributed by atoms with van der Waals surface area (Å²) < 4.78 is 0. The number of halogens is 2. The molecule has 8 heteroatoms. The Kier molecular flexibility index (Phi) is 5.59. The highest BCUT2D eigenvalue weighted by Gasteiger charge is 2.21. The first-order valence-electron chi connectivity index (χ1n) is 9.25. The van der Waals surface area contributed by atoms with Gasteiger partial charge < -0.3 is 5.32 Å². The molecule has 1 aromatic heterocycles. The summed E-state index contributed by atoms with van der Waals surface area (Å²) in [7, 11) is 0. The number of carbonyl (C=O) groups excluding carboxylic acids is 1. The molecule has 0 aliphatic heterocycles. The predicted octanol–water partition coefficient (Wildman–Crippen LogP) is 6.68. The maximum atomic E-state index is 13.3. The van der Waals surface area contributed by atoms with Gasteiger partial charge in [-0.2, -0.15) is 0 Å². The zero-order valence-corrected chi connectivity index (χ0v) is 17.7.